The summed E-state index contributed by atoms with van der Waals surface area (Å²) in [6.45, 7) is 4.15. The van der Waals surface area contributed by atoms with Crippen molar-refractivity contribution in [1.82, 2.24) is 9.55 Å². The zero-order valence-corrected chi connectivity index (χ0v) is 14.9. The molecule has 0 saturated carbocycles. The number of carbonyl (C=O) groups excluding carboxylic acids is 1. The maximum atomic E-state index is 12.1. The molecule has 6 heteroatoms. The van der Waals surface area contributed by atoms with E-state index >= 15 is 0 Å². The van der Waals surface area contributed by atoms with Crippen molar-refractivity contribution >= 4 is 23.4 Å². The Kier molecular flexibility index (Phi) is 5.09. The van der Waals surface area contributed by atoms with Gasteiger partial charge in [-0.05, 0) is 43.2 Å². The van der Waals surface area contributed by atoms with Crippen LogP contribution in [0.3, 0.4) is 0 Å². The lowest BCUT2D eigenvalue weighted by Crippen LogP contribution is -2.14. The molecule has 0 aliphatic carbocycles. The normalized spacial score (nSPS) is 10.6. The van der Waals surface area contributed by atoms with E-state index in [4.69, 9.17) is 0 Å². The third kappa shape index (κ3) is 4.03. The molecule has 0 unspecified atom stereocenters. The first-order valence-electron chi connectivity index (χ1n) is 7.86. The number of hydrogen-bond acceptors (Lipinski definition) is 4. The number of nitrogens with zero attached hydrogens (tertiary/aromatic N) is 2. The number of amides is 1. The Hall–Kier alpha value is -2.73. The number of nitrogens with one attached hydrogen (secondary N) is 1. The van der Waals surface area contributed by atoms with Crippen LogP contribution < -0.4 is 5.32 Å². The number of aromatic nitrogens is 2. The average Bonchev–Trinajstić information content (AvgIpc) is 3.04. The minimum atomic E-state index is -0.147. The Morgan fingerprint density at radius 3 is 2.84 bits per heavy atom. The topological polar surface area (TPSA) is 67.2 Å². The summed E-state index contributed by atoms with van der Waals surface area (Å²) in [6, 6.07) is 12.6. The van der Waals surface area contributed by atoms with E-state index in [1.807, 2.05) is 22.9 Å². The van der Waals surface area contributed by atoms with Gasteiger partial charge in [0.1, 0.15) is 5.75 Å². The molecule has 25 heavy (non-hydrogen) atoms. The SMILES string of the molecule is Cc1cccc(-n2ccnc2SCC(=O)Nc2cccc(O)c2)c1C. The highest BCUT2D eigenvalue weighted by molar-refractivity contribution is 7.99. The second-order valence-corrected chi connectivity index (χ2v) is 6.63. The first-order valence-corrected chi connectivity index (χ1v) is 8.85. The molecule has 0 radical (unpaired) electrons. The van der Waals surface area contributed by atoms with Gasteiger partial charge in [0.25, 0.3) is 0 Å². The molecule has 1 amide bonds. The molecule has 0 spiro atoms. The number of carbonyl (C=O) groups is 1. The van der Waals surface area contributed by atoms with Crippen molar-refractivity contribution < 1.29 is 9.90 Å². The van der Waals surface area contributed by atoms with Crippen LogP contribution in [-0.4, -0.2) is 26.3 Å². The van der Waals surface area contributed by atoms with Gasteiger partial charge in [0.15, 0.2) is 5.16 Å². The fraction of sp³-hybridized carbons (Fsp3) is 0.158. The lowest BCUT2D eigenvalue weighted by atomic mass is 10.1. The van der Waals surface area contributed by atoms with E-state index < -0.39 is 0 Å². The number of phenolic OH excluding ortho intramolecular Hbond substituents is 1. The molecule has 0 atom stereocenters. The summed E-state index contributed by atoms with van der Waals surface area (Å²) in [4.78, 5) is 16.5. The van der Waals surface area contributed by atoms with Gasteiger partial charge >= 0.3 is 0 Å². The second kappa shape index (κ2) is 7.44. The Morgan fingerprint density at radius 2 is 2.04 bits per heavy atom. The zero-order valence-electron chi connectivity index (χ0n) is 14.1. The number of rotatable bonds is 5. The van der Waals surface area contributed by atoms with E-state index in [-0.39, 0.29) is 17.4 Å². The Labute approximate surface area is 150 Å². The molecule has 128 valence electrons. The molecule has 2 aromatic carbocycles. The predicted octanol–water partition coefficient (Wildman–Crippen LogP) is 3.93. The van der Waals surface area contributed by atoms with Crippen LogP contribution >= 0.6 is 11.8 Å². The highest BCUT2D eigenvalue weighted by atomic mass is 32.2. The number of aryl methyl sites for hydroxylation is 1. The first-order chi connectivity index (χ1) is 12.0. The standard InChI is InChI=1S/C19H19N3O2S/c1-13-5-3-8-17(14(13)2)22-10-9-20-19(22)25-12-18(24)21-15-6-4-7-16(23)11-15/h3-11,23H,12H2,1-2H3,(H,21,24). The van der Waals surface area contributed by atoms with Crippen molar-refractivity contribution in [2.75, 3.05) is 11.1 Å². The molecule has 3 aromatic rings. The molecular formula is C19H19N3O2S. The van der Waals surface area contributed by atoms with Crippen LogP contribution in [0, 0.1) is 13.8 Å². The molecule has 1 aromatic heterocycles. The van der Waals surface area contributed by atoms with Crippen molar-refractivity contribution in [2.45, 2.75) is 19.0 Å². The third-order valence-corrected chi connectivity index (χ3v) is 4.87. The monoisotopic (exact) mass is 353 g/mol. The summed E-state index contributed by atoms with van der Waals surface area (Å²) in [5.74, 6) is 0.208. The molecular weight excluding hydrogens is 334 g/mol. The fourth-order valence-electron chi connectivity index (χ4n) is 2.49. The second-order valence-electron chi connectivity index (χ2n) is 5.69. The van der Waals surface area contributed by atoms with E-state index in [1.165, 1.54) is 29.0 Å². The van der Waals surface area contributed by atoms with Gasteiger partial charge in [-0.25, -0.2) is 4.98 Å². The maximum Gasteiger partial charge on any atom is 0.234 e. The maximum absolute atomic E-state index is 12.1. The van der Waals surface area contributed by atoms with Gasteiger partial charge in [-0.3, -0.25) is 9.36 Å². The molecule has 0 saturated heterocycles. The van der Waals surface area contributed by atoms with Gasteiger partial charge in [0.2, 0.25) is 5.91 Å². The fourth-order valence-corrected chi connectivity index (χ4v) is 3.25. The summed E-state index contributed by atoms with van der Waals surface area (Å²) in [7, 11) is 0. The molecule has 1 heterocycles. The van der Waals surface area contributed by atoms with Crippen molar-refractivity contribution in [1.29, 1.82) is 0 Å². The van der Waals surface area contributed by atoms with Gasteiger partial charge in [-0.1, -0.05) is 30.0 Å². The number of aromatic hydroxyl groups is 1. The van der Waals surface area contributed by atoms with E-state index in [0.29, 0.717) is 5.69 Å². The summed E-state index contributed by atoms with van der Waals surface area (Å²) in [5.41, 5.74) is 4.03. The van der Waals surface area contributed by atoms with Crippen LogP contribution in [0.1, 0.15) is 11.1 Å². The molecule has 2 N–H and O–H groups in total. The van der Waals surface area contributed by atoms with Crippen LogP contribution in [0.25, 0.3) is 5.69 Å². The van der Waals surface area contributed by atoms with Gasteiger partial charge in [0.05, 0.1) is 11.4 Å². The Balaban J connectivity index is 1.69. The minimum Gasteiger partial charge on any atom is -0.508 e. The summed E-state index contributed by atoms with van der Waals surface area (Å²) >= 11 is 1.37. The number of anilines is 1. The number of benzene rings is 2. The van der Waals surface area contributed by atoms with Crippen LogP contribution in [0.4, 0.5) is 5.69 Å². The van der Waals surface area contributed by atoms with E-state index in [1.54, 1.807) is 24.4 Å². The lowest BCUT2D eigenvalue weighted by molar-refractivity contribution is -0.113. The van der Waals surface area contributed by atoms with E-state index in [2.05, 4.69) is 30.2 Å². The predicted molar refractivity (Wildman–Crippen MR) is 100 cm³/mol. The molecule has 0 bridgehead atoms. The number of thioether (sulfide) groups is 1. The lowest BCUT2D eigenvalue weighted by Gasteiger charge is -2.12. The third-order valence-electron chi connectivity index (χ3n) is 3.90. The van der Waals surface area contributed by atoms with Crippen molar-refractivity contribution in [3.05, 3.63) is 66.0 Å². The molecule has 3 rings (SSSR count). The van der Waals surface area contributed by atoms with Crippen LogP contribution in [-0.2, 0) is 4.79 Å². The highest BCUT2D eigenvalue weighted by Gasteiger charge is 2.11. The van der Waals surface area contributed by atoms with E-state index in [9.17, 15) is 9.90 Å². The first kappa shape index (κ1) is 17.1. The Morgan fingerprint density at radius 1 is 1.24 bits per heavy atom. The van der Waals surface area contributed by atoms with Gasteiger partial charge < -0.3 is 10.4 Å². The Bertz CT molecular complexity index is 905. The van der Waals surface area contributed by atoms with Gasteiger partial charge in [-0.2, -0.15) is 0 Å². The number of hydrogen-bond donors (Lipinski definition) is 2. The molecule has 0 aliphatic heterocycles. The van der Waals surface area contributed by atoms with Crippen molar-refractivity contribution in [2.24, 2.45) is 0 Å². The van der Waals surface area contributed by atoms with Crippen LogP contribution in [0.5, 0.6) is 5.75 Å². The van der Waals surface area contributed by atoms with Gasteiger partial charge in [0, 0.05) is 24.1 Å². The number of phenols is 1. The summed E-state index contributed by atoms with van der Waals surface area (Å²) < 4.78 is 1.99. The van der Waals surface area contributed by atoms with Crippen molar-refractivity contribution in [3.63, 3.8) is 0 Å². The zero-order chi connectivity index (χ0) is 17.8. The summed E-state index contributed by atoms with van der Waals surface area (Å²) in [6.07, 6.45) is 3.63. The van der Waals surface area contributed by atoms with Crippen LogP contribution in [0.2, 0.25) is 0 Å². The van der Waals surface area contributed by atoms with Crippen LogP contribution in [0.15, 0.2) is 60.0 Å². The van der Waals surface area contributed by atoms with Crippen molar-refractivity contribution in [3.8, 4) is 11.4 Å². The summed E-state index contributed by atoms with van der Waals surface area (Å²) in [5, 5.41) is 13.0. The molecule has 0 fully saturated rings. The number of imidazole rings is 1. The minimum absolute atomic E-state index is 0.121. The quantitative estimate of drug-likeness (QED) is 0.682. The largest absolute Gasteiger partial charge is 0.508 e. The highest BCUT2D eigenvalue weighted by Crippen LogP contribution is 2.24. The average molecular weight is 353 g/mol. The molecule has 5 nitrogen and oxygen atoms in total. The smallest absolute Gasteiger partial charge is 0.234 e. The van der Waals surface area contributed by atoms with E-state index in [0.717, 1.165) is 10.8 Å². The van der Waals surface area contributed by atoms with Gasteiger partial charge in [-0.15, -0.1) is 0 Å². The molecule has 0 aliphatic rings.